The molecule has 6 heteroatoms. The van der Waals surface area contributed by atoms with E-state index >= 15 is 0 Å². The van der Waals surface area contributed by atoms with Crippen molar-refractivity contribution in [1.29, 1.82) is 0 Å². The third-order valence-electron chi connectivity index (χ3n) is 4.56. The van der Waals surface area contributed by atoms with Crippen LogP contribution in [0.4, 0.5) is 0 Å². The molecule has 5 nitrogen and oxygen atoms in total. The molecule has 0 radical (unpaired) electrons. The van der Waals surface area contributed by atoms with E-state index in [2.05, 4.69) is 35.3 Å². The van der Waals surface area contributed by atoms with Gasteiger partial charge in [-0.2, -0.15) is 0 Å². The minimum Gasteiger partial charge on any atom is -0.444 e. The zero-order valence-corrected chi connectivity index (χ0v) is 15.1. The van der Waals surface area contributed by atoms with Crippen LogP contribution >= 0.6 is 11.3 Å². The molecule has 0 aromatic carbocycles. The van der Waals surface area contributed by atoms with E-state index in [9.17, 15) is 0 Å². The second-order valence-corrected chi connectivity index (χ2v) is 7.61. The van der Waals surface area contributed by atoms with Crippen LogP contribution in [0, 0.1) is 0 Å². The molecular formula is C18H22N4OS. The van der Waals surface area contributed by atoms with E-state index < -0.39 is 0 Å². The molecule has 0 atom stereocenters. The van der Waals surface area contributed by atoms with Crippen molar-refractivity contribution in [2.75, 3.05) is 6.54 Å². The SMILES string of the molecule is CC(C)c1nc2c(n1C)CCN(Cc1coc(-c3cccs3)n1)C2. The molecule has 3 aromatic heterocycles. The number of imidazole rings is 1. The summed E-state index contributed by atoms with van der Waals surface area (Å²) in [6.07, 6.45) is 2.82. The van der Waals surface area contributed by atoms with Crippen LogP contribution in [-0.2, 0) is 26.6 Å². The lowest BCUT2D eigenvalue weighted by Gasteiger charge is -2.25. The first-order chi connectivity index (χ1) is 11.6. The first kappa shape index (κ1) is 15.6. The van der Waals surface area contributed by atoms with Crippen molar-refractivity contribution in [2.45, 2.75) is 39.3 Å². The van der Waals surface area contributed by atoms with E-state index in [1.807, 2.05) is 17.5 Å². The van der Waals surface area contributed by atoms with Crippen LogP contribution in [0.3, 0.4) is 0 Å². The van der Waals surface area contributed by atoms with Crippen molar-refractivity contribution in [3.05, 3.63) is 46.7 Å². The molecule has 4 rings (SSSR count). The molecule has 0 bridgehead atoms. The van der Waals surface area contributed by atoms with Gasteiger partial charge in [0.05, 0.1) is 16.3 Å². The van der Waals surface area contributed by atoms with Gasteiger partial charge in [0.1, 0.15) is 12.1 Å². The Labute approximate surface area is 146 Å². The Morgan fingerprint density at radius 2 is 2.21 bits per heavy atom. The molecule has 0 amide bonds. The predicted molar refractivity (Wildman–Crippen MR) is 94.9 cm³/mol. The molecule has 126 valence electrons. The number of thiophene rings is 1. The van der Waals surface area contributed by atoms with Crippen molar-refractivity contribution < 1.29 is 4.42 Å². The fraction of sp³-hybridized carbons (Fsp3) is 0.444. The standard InChI is InChI=1S/C18H22N4OS/c1-12(2)17-20-14-10-22(7-6-15(14)21(17)3)9-13-11-23-18(19-13)16-5-4-8-24-16/h4-5,8,11-12H,6-7,9-10H2,1-3H3. The summed E-state index contributed by atoms with van der Waals surface area (Å²) < 4.78 is 7.91. The molecule has 4 heterocycles. The molecule has 0 unspecified atom stereocenters. The first-order valence-corrected chi connectivity index (χ1v) is 9.24. The highest BCUT2D eigenvalue weighted by molar-refractivity contribution is 7.13. The molecule has 0 aliphatic carbocycles. The van der Waals surface area contributed by atoms with Crippen molar-refractivity contribution in [3.63, 3.8) is 0 Å². The molecule has 0 fully saturated rings. The molecule has 0 spiro atoms. The van der Waals surface area contributed by atoms with Gasteiger partial charge in [-0.3, -0.25) is 4.90 Å². The van der Waals surface area contributed by atoms with Gasteiger partial charge < -0.3 is 8.98 Å². The summed E-state index contributed by atoms with van der Waals surface area (Å²) in [5.41, 5.74) is 3.59. The van der Waals surface area contributed by atoms with Crippen LogP contribution in [-0.4, -0.2) is 26.0 Å². The van der Waals surface area contributed by atoms with E-state index in [1.165, 1.54) is 17.2 Å². The Hall–Kier alpha value is -1.92. The fourth-order valence-electron chi connectivity index (χ4n) is 3.38. The zero-order chi connectivity index (χ0) is 16.7. The number of fused-ring (bicyclic) bond motifs is 1. The second kappa shape index (κ2) is 6.18. The molecule has 1 aliphatic rings. The smallest absolute Gasteiger partial charge is 0.236 e. The highest BCUT2D eigenvalue weighted by Gasteiger charge is 2.24. The number of oxazole rings is 1. The van der Waals surface area contributed by atoms with Crippen LogP contribution in [0.25, 0.3) is 10.8 Å². The minimum atomic E-state index is 0.456. The zero-order valence-electron chi connectivity index (χ0n) is 14.3. The van der Waals surface area contributed by atoms with Crippen LogP contribution in [0.15, 0.2) is 28.2 Å². The van der Waals surface area contributed by atoms with Gasteiger partial charge >= 0.3 is 0 Å². The van der Waals surface area contributed by atoms with Gasteiger partial charge in [0.15, 0.2) is 0 Å². The molecule has 3 aromatic rings. The van der Waals surface area contributed by atoms with Gasteiger partial charge in [-0.25, -0.2) is 9.97 Å². The van der Waals surface area contributed by atoms with E-state index in [0.717, 1.165) is 42.5 Å². The Balaban J connectivity index is 1.48. The van der Waals surface area contributed by atoms with E-state index in [0.29, 0.717) is 5.92 Å². The van der Waals surface area contributed by atoms with Crippen LogP contribution in [0.2, 0.25) is 0 Å². The quantitative estimate of drug-likeness (QED) is 0.723. The molecular weight excluding hydrogens is 320 g/mol. The predicted octanol–water partition coefficient (Wildman–Crippen LogP) is 3.82. The third-order valence-corrected chi connectivity index (χ3v) is 5.41. The number of hydrogen-bond donors (Lipinski definition) is 0. The van der Waals surface area contributed by atoms with Crippen LogP contribution < -0.4 is 0 Å². The number of aromatic nitrogens is 3. The van der Waals surface area contributed by atoms with Gasteiger partial charge in [-0.15, -0.1) is 11.3 Å². The van der Waals surface area contributed by atoms with Gasteiger partial charge in [0.25, 0.3) is 0 Å². The lowest BCUT2D eigenvalue weighted by Crippen LogP contribution is -2.30. The topological polar surface area (TPSA) is 47.1 Å². The fourth-order valence-corrected chi connectivity index (χ4v) is 4.03. The minimum absolute atomic E-state index is 0.456. The summed E-state index contributed by atoms with van der Waals surface area (Å²) in [5.74, 6) is 2.36. The summed E-state index contributed by atoms with van der Waals surface area (Å²) in [6, 6.07) is 4.05. The lowest BCUT2D eigenvalue weighted by atomic mass is 10.1. The van der Waals surface area contributed by atoms with Crippen molar-refractivity contribution in [2.24, 2.45) is 7.05 Å². The van der Waals surface area contributed by atoms with Gasteiger partial charge in [-0.05, 0) is 11.4 Å². The number of nitrogens with zero attached hydrogens (tertiary/aromatic N) is 4. The maximum Gasteiger partial charge on any atom is 0.236 e. The van der Waals surface area contributed by atoms with Gasteiger partial charge in [0, 0.05) is 44.7 Å². The molecule has 0 saturated heterocycles. The van der Waals surface area contributed by atoms with Crippen molar-refractivity contribution in [1.82, 2.24) is 19.4 Å². The highest BCUT2D eigenvalue weighted by atomic mass is 32.1. The summed E-state index contributed by atoms with van der Waals surface area (Å²) in [7, 11) is 2.14. The lowest BCUT2D eigenvalue weighted by molar-refractivity contribution is 0.237. The second-order valence-electron chi connectivity index (χ2n) is 6.66. The average Bonchev–Trinajstić information content (AvgIpc) is 3.27. The largest absolute Gasteiger partial charge is 0.444 e. The monoisotopic (exact) mass is 342 g/mol. The highest BCUT2D eigenvalue weighted by Crippen LogP contribution is 2.26. The van der Waals surface area contributed by atoms with Crippen LogP contribution in [0.1, 0.15) is 42.7 Å². The maximum atomic E-state index is 5.63. The summed E-state index contributed by atoms with van der Waals surface area (Å²) in [4.78, 5) is 13.0. The van der Waals surface area contributed by atoms with Crippen molar-refractivity contribution in [3.8, 4) is 10.8 Å². The summed E-state index contributed by atoms with van der Waals surface area (Å²) in [6.45, 7) is 7.13. The number of hydrogen-bond acceptors (Lipinski definition) is 5. The van der Waals surface area contributed by atoms with Crippen molar-refractivity contribution >= 4 is 11.3 Å². The van der Waals surface area contributed by atoms with E-state index in [4.69, 9.17) is 9.40 Å². The van der Waals surface area contributed by atoms with E-state index in [-0.39, 0.29) is 0 Å². The molecule has 24 heavy (non-hydrogen) atoms. The van der Waals surface area contributed by atoms with Crippen LogP contribution in [0.5, 0.6) is 0 Å². The van der Waals surface area contributed by atoms with Gasteiger partial charge in [-0.1, -0.05) is 19.9 Å². The Kier molecular flexibility index (Phi) is 4.02. The molecule has 1 aliphatic heterocycles. The normalized spacial score (nSPS) is 15.2. The summed E-state index contributed by atoms with van der Waals surface area (Å²) >= 11 is 1.65. The summed E-state index contributed by atoms with van der Waals surface area (Å²) in [5, 5.41) is 2.04. The molecule has 0 saturated carbocycles. The Morgan fingerprint density at radius 1 is 1.33 bits per heavy atom. The van der Waals surface area contributed by atoms with E-state index in [1.54, 1.807) is 17.6 Å². The van der Waals surface area contributed by atoms with Gasteiger partial charge in [0.2, 0.25) is 5.89 Å². The maximum absolute atomic E-state index is 5.63. The number of rotatable bonds is 4. The molecule has 0 N–H and O–H groups in total. The first-order valence-electron chi connectivity index (χ1n) is 8.37. The Bertz CT molecular complexity index is 831. The third kappa shape index (κ3) is 2.80. The average molecular weight is 342 g/mol. The Morgan fingerprint density at radius 3 is 2.96 bits per heavy atom.